The predicted octanol–water partition coefficient (Wildman–Crippen LogP) is 4.21. The summed E-state index contributed by atoms with van der Waals surface area (Å²) >= 11 is 0. The summed E-state index contributed by atoms with van der Waals surface area (Å²) in [6.07, 6.45) is 0. The molecule has 0 aliphatic rings. The van der Waals surface area contributed by atoms with Crippen LogP contribution in [0, 0.1) is 0 Å². The molecule has 8 heteroatoms. The van der Waals surface area contributed by atoms with Crippen LogP contribution in [0.4, 0.5) is 0 Å². The first kappa shape index (κ1) is 9.53. The molecule has 7 unspecified atom stereocenters. The third-order valence-corrected chi connectivity index (χ3v) is 26.9. The van der Waals surface area contributed by atoms with E-state index in [1.165, 1.54) is 0 Å². The minimum absolute atomic E-state index is 0.0530. The second kappa shape index (κ2) is 7.11. The lowest BCUT2D eigenvalue weighted by atomic mass is 28.9. The van der Waals surface area contributed by atoms with Crippen LogP contribution in [0.3, 0.4) is 0 Å². The smallest absolute Gasteiger partial charge is 0.0688 e. The summed E-state index contributed by atoms with van der Waals surface area (Å²) in [4.78, 5) is 0. The van der Waals surface area contributed by atoms with Crippen molar-refractivity contribution in [3.63, 3.8) is 0 Å². The third kappa shape index (κ3) is 7.55. The zero-order valence-electron chi connectivity index (χ0n) is 5.15. The van der Waals surface area contributed by atoms with Crippen LogP contribution >= 0.6 is 65.5 Å². The quantitative estimate of drug-likeness (QED) is 0.666. The van der Waals surface area contributed by atoms with Gasteiger partial charge in [0.15, 0.2) is 0 Å². The van der Waals surface area contributed by atoms with Crippen LogP contribution in [0.5, 0.6) is 0 Å². The molecular formula is H10P8. The summed E-state index contributed by atoms with van der Waals surface area (Å²) in [6.45, 7) is -0.194. The maximum Gasteiger partial charge on any atom is 0.0688 e. The molecule has 0 nitrogen and oxygen atoms in total. The van der Waals surface area contributed by atoms with Gasteiger partial charge in [-0.3, -0.25) is 0 Å². The molecule has 0 rings (SSSR count). The minimum atomic E-state index is -0.441. The molecular weight excluding hydrogens is 248 g/mol. The largest absolute Gasteiger partial charge is 0.109 e. The van der Waals surface area contributed by atoms with Crippen molar-refractivity contribution in [3.8, 4) is 0 Å². The molecule has 0 heterocycles. The van der Waals surface area contributed by atoms with Gasteiger partial charge in [0, 0.05) is 0 Å². The first-order valence-corrected chi connectivity index (χ1v) is 15.2. The van der Waals surface area contributed by atoms with Crippen molar-refractivity contribution in [3.05, 3.63) is 0 Å². The Hall–Kier alpha value is 3.44. The number of rotatable bonds is 3. The van der Waals surface area contributed by atoms with Crippen LogP contribution < -0.4 is 0 Å². The van der Waals surface area contributed by atoms with Gasteiger partial charge >= 0.3 is 0 Å². The minimum Gasteiger partial charge on any atom is -0.109 e. The summed E-state index contributed by atoms with van der Waals surface area (Å²) in [5.41, 5.74) is 0. The fourth-order valence-corrected chi connectivity index (χ4v) is 33.3. The lowest BCUT2D eigenvalue weighted by Gasteiger charge is -2.10. The van der Waals surface area contributed by atoms with Gasteiger partial charge in [0.2, 0.25) is 0 Å². The molecule has 0 fully saturated rings. The lowest BCUT2D eigenvalue weighted by Crippen LogP contribution is -1.18. The Balaban J connectivity index is 3.58. The van der Waals surface area contributed by atoms with Gasteiger partial charge < -0.3 is 0 Å². The van der Waals surface area contributed by atoms with E-state index in [0.29, 0.717) is 0 Å². The van der Waals surface area contributed by atoms with Gasteiger partial charge in [0.05, 0.1) is 1.28 Å². The van der Waals surface area contributed by atoms with Crippen LogP contribution in [0.1, 0.15) is 0 Å². The molecule has 0 saturated heterocycles. The van der Waals surface area contributed by atoms with Crippen molar-refractivity contribution in [1.82, 2.24) is 0 Å². The molecule has 0 aliphatic carbocycles. The summed E-state index contributed by atoms with van der Waals surface area (Å²) in [5, 5.41) is 0. The fraction of sp³-hybridized carbons (Fsp3) is 0. The summed E-state index contributed by atoms with van der Waals surface area (Å²) in [6, 6.07) is 0. The molecule has 7 atom stereocenters. The zero-order chi connectivity index (χ0) is 7.44. The summed E-state index contributed by atoms with van der Waals surface area (Å²) < 4.78 is 7.69. The van der Waals surface area contributed by atoms with Crippen LogP contribution in [0.25, 0.3) is 0 Å². The maximum atomic E-state index is 7.69. The van der Waals surface area contributed by atoms with Crippen molar-refractivity contribution in [2.24, 2.45) is 0 Å². The van der Waals surface area contributed by atoms with Crippen LogP contribution in [0.15, 0.2) is 0 Å². The summed E-state index contributed by atoms with van der Waals surface area (Å²) in [7, 11) is 11.5. The van der Waals surface area contributed by atoms with E-state index in [0.717, 1.165) is 7.96 Å². The van der Waals surface area contributed by atoms with Crippen molar-refractivity contribution in [2.75, 3.05) is 0 Å². The molecule has 0 aromatic carbocycles. The fourth-order valence-electron chi connectivity index (χ4n) is 0.137. The molecule has 0 bridgehead atoms. The van der Waals surface area contributed by atoms with E-state index < -0.39 is 7.90 Å². The van der Waals surface area contributed by atoms with Crippen molar-refractivity contribution in [2.45, 2.75) is 0 Å². The molecule has 0 N–H and O–H groups in total. The van der Waals surface area contributed by atoms with Crippen LogP contribution in [0.2, 0.25) is 0 Å². The van der Waals surface area contributed by atoms with E-state index in [2.05, 4.69) is 35.7 Å². The second-order valence-corrected chi connectivity index (χ2v) is 25.5. The highest BCUT2D eigenvalue weighted by Crippen LogP contribution is 2.91. The molecule has 50 valence electrons. The second-order valence-electron chi connectivity index (χ2n) is 0.943. The van der Waals surface area contributed by atoms with E-state index in [1.54, 1.807) is 0 Å². The SMILES string of the molecule is [3H]P(P(P)P)P(P)PP. The Kier molecular flexibility index (Phi) is 8.47. The van der Waals surface area contributed by atoms with Crippen molar-refractivity contribution < 1.29 is 0 Å². The van der Waals surface area contributed by atoms with Gasteiger partial charge in [-0.25, -0.2) is 0 Å². The van der Waals surface area contributed by atoms with Gasteiger partial charge in [-0.2, -0.15) is 0 Å². The number of hydrogen-bond donors (Lipinski definition) is 0. The van der Waals surface area contributed by atoms with Gasteiger partial charge in [0.25, 0.3) is 0 Å². The van der Waals surface area contributed by atoms with Crippen molar-refractivity contribution in [1.29, 1.82) is 1.28 Å². The molecule has 0 spiro atoms. The Bertz CT molecular complexity index is 69.0. The highest BCUT2D eigenvalue weighted by molar-refractivity contribution is 8.97. The van der Waals surface area contributed by atoms with Gasteiger partial charge in [-0.05, 0) is 14.0 Å². The van der Waals surface area contributed by atoms with Crippen LogP contribution in [-0.4, -0.2) is 1.28 Å². The first-order valence-electron chi connectivity index (χ1n) is 2.13. The molecule has 0 aromatic rings. The average Bonchev–Trinajstić information content (AvgIpc) is 1.84. The zero-order valence-corrected chi connectivity index (χ0v) is 12.5. The predicted molar refractivity (Wildman–Crippen MR) is 69.3 cm³/mol. The molecule has 0 aromatic heterocycles. The number of hydrogen-bond acceptors (Lipinski definition) is 0. The lowest BCUT2D eigenvalue weighted by molar-refractivity contribution is 4.88. The van der Waals surface area contributed by atoms with Gasteiger partial charge in [0.1, 0.15) is 0 Å². The van der Waals surface area contributed by atoms with E-state index in [9.17, 15) is 0 Å². The molecule has 0 saturated carbocycles. The monoisotopic (exact) mass is 260 g/mol. The normalized spacial score (nSPS) is 21.9. The van der Waals surface area contributed by atoms with Gasteiger partial charge in [-0.15, -0.1) is 35.7 Å². The molecule has 0 amide bonds. The molecule has 8 heavy (non-hydrogen) atoms. The Morgan fingerprint density at radius 1 is 1.38 bits per heavy atom. The van der Waals surface area contributed by atoms with Gasteiger partial charge in [-0.1, -0.05) is 15.9 Å². The first-order chi connectivity index (χ1) is 4.09. The summed E-state index contributed by atoms with van der Waals surface area (Å²) in [5.74, 6) is 0. The Morgan fingerprint density at radius 3 is 2.00 bits per heavy atom. The highest BCUT2D eigenvalue weighted by Gasteiger charge is 1.99. The molecule has 0 radical (unpaired) electrons. The van der Waals surface area contributed by atoms with Crippen LogP contribution in [-0.2, 0) is 0 Å². The molecule has 0 aliphatic heterocycles. The van der Waals surface area contributed by atoms with Crippen molar-refractivity contribution >= 4 is 65.5 Å². The highest BCUT2D eigenvalue weighted by atomic mass is 33.0. The maximum absolute atomic E-state index is 7.69. The third-order valence-electron chi connectivity index (χ3n) is 0.332. The average molecular weight is 260 g/mol. The Labute approximate surface area is 67.1 Å². The van der Waals surface area contributed by atoms with E-state index in [-0.39, 0.29) is 14.0 Å². The van der Waals surface area contributed by atoms with E-state index in [4.69, 9.17) is 1.28 Å². The Morgan fingerprint density at radius 2 is 1.88 bits per heavy atom. The van der Waals surface area contributed by atoms with E-state index in [1.807, 2.05) is 0 Å². The standard InChI is InChI=1S/H10P8/c1-5-8(4)6-7(2)3/h5-6H,1-4H2/i6T. The topological polar surface area (TPSA) is 0 Å². The van der Waals surface area contributed by atoms with E-state index >= 15 is 0 Å².